The maximum atomic E-state index is 12.5. The van der Waals surface area contributed by atoms with Crippen molar-refractivity contribution in [1.82, 2.24) is 4.98 Å². The van der Waals surface area contributed by atoms with Gasteiger partial charge in [-0.25, -0.2) is 4.98 Å². The molecule has 1 aromatic heterocycles. The van der Waals surface area contributed by atoms with E-state index in [2.05, 4.69) is 15.6 Å². The summed E-state index contributed by atoms with van der Waals surface area (Å²) in [5, 5.41) is 10.2. The highest BCUT2D eigenvalue weighted by molar-refractivity contribution is 7.13. The number of carbonyl (C=O) groups is 2. The molecule has 26 heavy (non-hydrogen) atoms. The van der Waals surface area contributed by atoms with Gasteiger partial charge in [-0.1, -0.05) is 50.2 Å². The van der Waals surface area contributed by atoms with Crippen molar-refractivity contribution in [1.29, 1.82) is 0 Å². The Labute approximate surface area is 156 Å². The average Bonchev–Trinajstić information content (AvgIpc) is 3.04. The third kappa shape index (κ3) is 4.08. The summed E-state index contributed by atoms with van der Waals surface area (Å²) in [5.41, 5.74) is 2.49. The van der Waals surface area contributed by atoms with Crippen LogP contribution in [0.1, 0.15) is 25.1 Å². The van der Waals surface area contributed by atoms with Gasteiger partial charge in [0.15, 0.2) is 5.13 Å². The van der Waals surface area contributed by atoms with Gasteiger partial charge in [-0.05, 0) is 17.9 Å². The number of benzene rings is 2. The predicted molar refractivity (Wildman–Crippen MR) is 107 cm³/mol. The molecule has 1 heterocycles. The fourth-order valence-corrected chi connectivity index (χ4v) is 3.30. The lowest BCUT2D eigenvalue weighted by Gasteiger charge is -2.11. The van der Waals surface area contributed by atoms with Crippen LogP contribution in [0.5, 0.6) is 0 Å². The molecule has 0 fully saturated rings. The highest BCUT2D eigenvalue weighted by Crippen LogP contribution is 2.27. The first-order valence-corrected chi connectivity index (χ1v) is 9.35. The van der Waals surface area contributed by atoms with Gasteiger partial charge in [-0.2, -0.15) is 0 Å². The van der Waals surface area contributed by atoms with Crippen molar-refractivity contribution < 1.29 is 9.59 Å². The first-order valence-electron chi connectivity index (χ1n) is 8.47. The molecule has 6 heteroatoms. The van der Waals surface area contributed by atoms with E-state index in [9.17, 15) is 9.59 Å². The lowest BCUT2D eigenvalue weighted by Crippen LogP contribution is -2.18. The zero-order chi connectivity index (χ0) is 18.7. The van der Waals surface area contributed by atoms with Gasteiger partial charge in [0.05, 0.1) is 17.8 Å². The summed E-state index contributed by atoms with van der Waals surface area (Å²) in [6.07, 6.45) is 0.163. The number of hydrogen-bond donors (Lipinski definition) is 2. The van der Waals surface area contributed by atoms with Gasteiger partial charge in [-0.3, -0.25) is 9.59 Å². The van der Waals surface area contributed by atoms with Crippen molar-refractivity contribution >= 4 is 44.7 Å². The maximum absolute atomic E-state index is 12.5. The molecule has 0 saturated carbocycles. The second-order valence-electron chi connectivity index (χ2n) is 6.49. The fourth-order valence-electron chi connectivity index (χ4n) is 2.59. The maximum Gasteiger partial charge on any atom is 0.230 e. The summed E-state index contributed by atoms with van der Waals surface area (Å²) in [4.78, 5) is 28.5. The monoisotopic (exact) mass is 367 g/mol. The molecule has 2 aromatic carbocycles. The SMILES string of the molecule is Cc1ccc2ccccc2c1NC(=O)Cc1csc(NC(=O)C(C)C)n1. The molecule has 2 N–H and O–H groups in total. The first-order chi connectivity index (χ1) is 12.4. The van der Waals surface area contributed by atoms with Crippen molar-refractivity contribution in [2.75, 3.05) is 10.6 Å². The summed E-state index contributed by atoms with van der Waals surface area (Å²) in [6, 6.07) is 12.0. The smallest absolute Gasteiger partial charge is 0.230 e. The highest BCUT2D eigenvalue weighted by atomic mass is 32.1. The van der Waals surface area contributed by atoms with E-state index >= 15 is 0 Å². The lowest BCUT2D eigenvalue weighted by molar-refractivity contribution is -0.119. The van der Waals surface area contributed by atoms with Crippen LogP contribution < -0.4 is 10.6 Å². The molecule has 134 valence electrons. The molecule has 0 atom stereocenters. The Hall–Kier alpha value is -2.73. The summed E-state index contributed by atoms with van der Waals surface area (Å²) in [7, 11) is 0. The third-order valence-corrected chi connectivity index (χ3v) is 4.86. The van der Waals surface area contributed by atoms with Gasteiger partial charge in [0, 0.05) is 16.7 Å². The van der Waals surface area contributed by atoms with Crippen LogP contribution in [-0.2, 0) is 16.0 Å². The van der Waals surface area contributed by atoms with Crippen LogP contribution in [0.15, 0.2) is 41.8 Å². The van der Waals surface area contributed by atoms with Crippen LogP contribution >= 0.6 is 11.3 Å². The van der Waals surface area contributed by atoms with Crippen molar-refractivity contribution in [3.8, 4) is 0 Å². The van der Waals surface area contributed by atoms with Crippen LogP contribution in [0.3, 0.4) is 0 Å². The number of rotatable bonds is 5. The molecular formula is C20H21N3O2S. The fraction of sp³-hybridized carbons (Fsp3) is 0.250. The largest absolute Gasteiger partial charge is 0.325 e. The quantitative estimate of drug-likeness (QED) is 0.703. The Morgan fingerprint density at radius 2 is 1.88 bits per heavy atom. The van der Waals surface area contributed by atoms with Gasteiger partial charge in [-0.15, -0.1) is 11.3 Å². The van der Waals surface area contributed by atoms with Crippen molar-refractivity contribution in [3.63, 3.8) is 0 Å². The molecule has 0 aliphatic heterocycles. The van der Waals surface area contributed by atoms with E-state index in [1.165, 1.54) is 11.3 Å². The zero-order valence-electron chi connectivity index (χ0n) is 15.0. The average molecular weight is 367 g/mol. The van der Waals surface area contributed by atoms with Gasteiger partial charge in [0.2, 0.25) is 11.8 Å². The number of fused-ring (bicyclic) bond motifs is 1. The van der Waals surface area contributed by atoms with Crippen molar-refractivity contribution in [3.05, 3.63) is 53.0 Å². The summed E-state index contributed by atoms with van der Waals surface area (Å²) < 4.78 is 0. The number of carbonyl (C=O) groups excluding carboxylic acids is 2. The van der Waals surface area contributed by atoms with Crippen LogP contribution in [-0.4, -0.2) is 16.8 Å². The topological polar surface area (TPSA) is 71.1 Å². The molecule has 0 saturated heterocycles. The standard InChI is InChI=1S/C20H21N3O2S/c1-12(2)19(25)23-20-21-15(11-26-20)10-17(24)22-18-13(3)8-9-14-6-4-5-7-16(14)18/h4-9,11-12H,10H2,1-3H3,(H,22,24)(H,21,23,25). The summed E-state index contributed by atoms with van der Waals surface area (Å²) >= 11 is 1.33. The molecule has 2 amide bonds. The van der Waals surface area contributed by atoms with Crippen LogP contribution in [0.4, 0.5) is 10.8 Å². The van der Waals surface area contributed by atoms with E-state index in [-0.39, 0.29) is 24.2 Å². The molecule has 0 aliphatic carbocycles. The Bertz CT molecular complexity index is 963. The number of aryl methyl sites for hydroxylation is 1. The third-order valence-electron chi connectivity index (χ3n) is 4.05. The lowest BCUT2D eigenvalue weighted by atomic mass is 10.0. The summed E-state index contributed by atoms with van der Waals surface area (Å²) in [5.74, 6) is -0.321. The van der Waals surface area contributed by atoms with Gasteiger partial charge in [0.25, 0.3) is 0 Å². The second-order valence-corrected chi connectivity index (χ2v) is 7.35. The van der Waals surface area contributed by atoms with Crippen molar-refractivity contribution in [2.24, 2.45) is 5.92 Å². The number of nitrogens with zero attached hydrogens (tertiary/aromatic N) is 1. The number of nitrogens with one attached hydrogen (secondary N) is 2. The minimum Gasteiger partial charge on any atom is -0.325 e. The normalized spacial score (nSPS) is 10.9. The van der Waals surface area contributed by atoms with E-state index in [0.717, 1.165) is 22.0 Å². The Morgan fingerprint density at radius 1 is 1.12 bits per heavy atom. The van der Waals surface area contributed by atoms with Gasteiger partial charge >= 0.3 is 0 Å². The Balaban J connectivity index is 1.71. The summed E-state index contributed by atoms with van der Waals surface area (Å²) in [6.45, 7) is 5.62. The molecule has 0 aliphatic rings. The van der Waals surface area contributed by atoms with Crippen LogP contribution in [0, 0.1) is 12.8 Å². The van der Waals surface area contributed by atoms with Gasteiger partial charge < -0.3 is 10.6 Å². The molecule has 3 rings (SSSR count). The Morgan fingerprint density at radius 3 is 2.65 bits per heavy atom. The molecule has 0 radical (unpaired) electrons. The minimum atomic E-state index is -0.128. The number of thiazole rings is 1. The Kier molecular flexibility index (Phi) is 5.32. The van der Waals surface area contributed by atoms with Crippen LogP contribution in [0.2, 0.25) is 0 Å². The van der Waals surface area contributed by atoms with E-state index in [1.807, 2.05) is 57.2 Å². The van der Waals surface area contributed by atoms with Crippen LogP contribution in [0.25, 0.3) is 10.8 Å². The molecule has 0 spiro atoms. The van der Waals surface area contributed by atoms with E-state index in [4.69, 9.17) is 0 Å². The number of aromatic nitrogens is 1. The molecule has 0 unspecified atom stereocenters. The minimum absolute atomic E-state index is 0.0817. The number of hydrogen-bond acceptors (Lipinski definition) is 4. The molecule has 3 aromatic rings. The van der Waals surface area contributed by atoms with E-state index in [0.29, 0.717) is 10.8 Å². The molecular weight excluding hydrogens is 346 g/mol. The molecule has 0 bridgehead atoms. The predicted octanol–water partition coefficient (Wildman–Crippen LogP) is 4.38. The molecule has 5 nitrogen and oxygen atoms in total. The van der Waals surface area contributed by atoms with Gasteiger partial charge in [0.1, 0.15) is 0 Å². The van der Waals surface area contributed by atoms with E-state index < -0.39 is 0 Å². The number of amides is 2. The first kappa shape index (κ1) is 18.1. The zero-order valence-corrected chi connectivity index (χ0v) is 15.8. The van der Waals surface area contributed by atoms with E-state index in [1.54, 1.807) is 5.38 Å². The van der Waals surface area contributed by atoms with Crippen molar-refractivity contribution in [2.45, 2.75) is 27.2 Å². The number of anilines is 2. The second kappa shape index (κ2) is 7.66. The highest BCUT2D eigenvalue weighted by Gasteiger charge is 2.13.